The average molecular weight is 323 g/mol. The fraction of sp³-hybridized carbons (Fsp3) is 0.0769. The van der Waals surface area contributed by atoms with Crippen LogP contribution >= 0.6 is 15.9 Å². The zero-order chi connectivity index (χ0) is 13.2. The molecule has 0 aliphatic heterocycles. The molecule has 1 aromatic carbocycles. The lowest BCUT2D eigenvalue weighted by molar-refractivity contribution is 0.290. The number of nitrogens with zero attached hydrogens (tertiary/aromatic N) is 2. The molecule has 0 radical (unpaired) electrons. The largest absolute Gasteiger partial charge is 0.473 e. The van der Waals surface area contributed by atoms with Gasteiger partial charge in [0.05, 0.1) is 0 Å². The van der Waals surface area contributed by atoms with Crippen LogP contribution in [0.1, 0.15) is 5.56 Å². The van der Waals surface area contributed by atoms with Crippen LogP contribution in [0.3, 0.4) is 0 Å². The summed E-state index contributed by atoms with van der Waals surface area (Å²) in [6.07, 6.45) is -0.844. The Morgan fingerprint density at radius 1 is 1.16 bits per heavy atom. The highest BCUT2D eigenvalue weighted by Crippen LogP contribution is 2.21. The lowest BCUT2D eigenvalue weighted by Crippen LogP contribution is -1.97. The molecular weight excluding hydrogens is 315 g/mol. The molecule has 4 nitrogen and oxygen atoms in total. The smallest absolute Gasteiger partial charge is 0.382 e. The molecule has 0 saturated carbocycles. The molecule has 0 unspecified atom stereocenters. The van der Waals surface area contributed by atoms with Gasteiger partial charge in [0, 0.05) is 11.6 Å². The highest BCUT2D eigenvalue weighted by atomic mass is 79.9. The van der Waals surface area contributed by atoms with E-state index in [4.69, 9.17) is 9.15 Å². The second kappa shape index (κ2) is 4.97. The molecule has 96 valence electrons. The van der Waals surface area contributed by atoms with Crippen LogP contribution in [0.15, 0.2) is 45.4 Å². The number of rotatable bonds is 3. The number of aromatic nitrogens is 2. The number of hydrogen-bond donors (Lipinski definition) is 0. The van der Waals surface area contributed by atoms with Crippen LogP contribution < -0.4 is 4.74 Å². The highest BCUT2D eigenvalue weighted by Gasteiger charge is 2.10. The van der Waals surface area contributed by atoms with Gasteiger partial charge in [-0.15, -0.1) is 4.39 Å². The first-order valence-corrected chi connectivity index (χ1v) is 6.31. The normalized spacial score (nSPS) is 10.8. The van der Waals surface area contributed by atoms with Crippen molar-refractivity contribution in [3.05, 3.63) is 52.7 Å². The van der Waals surface area contributed by atoms with Crippen molar-refractivity contribution in [2.75, 3.05) is 0 Å². The summed E-state index contributed by atoms with van der Waals surface area (Å²) in [5.41, 5.74) is 1.59. The maximum absolute atomic E-state index is 13.0. The first-order chi connectivity index (χ1) is 9.22. The van der Waals surface area contributed by atoms with Gasteiger partial charge >= 0.3 is 6.14 Å². The molecule has 0 spiro atoms. The zero-order valence-corrected chi connectivity index (χ0v) is 11.2. The van der Waals surface area contributed by atoms with Gasteiger partial charge < -0.3 is 9.15 Å². The summed E-state index contributed by atoms with van der Waals surface area (Å²) in [6.45, 7) is 0.232. The van der Waals surface area contributed by atoms with E-state index in [2.05, 4.69) is 25.9 Å². The molecule has 0 atom stereocenters. The molecule has 0 N–H and O–H groups in total. The lowest BCUT2D eigenvalue weighted by Gasteiger charge is -2.05. The van der Waals surface area contributed by atoms with Crippen molar-refractivity contribution < 1.29 is 13.5 Å². The van der Waals surface area contributed by atoms with E-state index in [-0.39, 0.29) is 6.61 Å². The van der Waals surface area contributed by atoms with Crippen LogP contribution in [0.5, 0.6) is 5.88 Å². The minimum atomic E-state index is -0.844. The molecule has 0 amide bonds. The Kier molecular flexibility index (Phi) is 3.16. The van der Waals surface area contributed by atoms with Gasteiger partial charge in [-0.1, -0.05) is 18.2 Å². The van der Waals surface area contributed by atoms with E-state index in [0.29, 0.717) is 21.6 Å². The van der Waals surface area contributed by atoms with Gasteiger partial charge in [-0.3, -0.25) is 0 Å². The zero-order valence-electron chi connectivity index (χ0n) is 9.64. The van der Waals surface area contributed by atoms with Crippen LogP contribution in [0.25, 0.3) is 11.1 Å². The maximum Gasteiger partial charge on any atom is 0.382 e. The number of hydrogen-bond acceptors (Lipinski definition) is 4. The Bertz CT molecular complexity index is 729. The summed E-state index contributed by atoms with van der Waals surface area (Å²) in [4.78, 5) is 7.78. The topological polar surface area (TPSA) is 48.2 Å². The quantitative estimate of drug-likeness (QED) is 0.690. The predicted octanol–water partition coefficient (Wildman–Crippen LogP) is 3.70. The molecule has 0 fully saturated rings. The molecule has 3 rings (SSSR count). The lowest BCUT2D eigenvalue weighted by atomic mass is 10.2. The van der Waals surface area contributed by atoms with E-state index < -0.39 is 6.14 Å². The Balaban J connectivity index is 1.85. The number of oxazole rings is 1. The van der Waals surface area contributed by atoms with Crippen LogP contribution in [-0.2, 0) is 6.61 Å². The van der Waals surface area contributed by atoms with Crippen LogP contribution in [0.2, 0.25) is 0 Å². The van der Waals surface area contributed by atoms with E-state index in [9.17, 15) is 4.39 Å². The number of fused-ring (bicyclic) bond motifs is 1. The van der Waals surface area contributed by atoms with Crippen molar-refractivity contribution in [1.82, 2.24) is 9.97 Å². The molecule has 19 heavy (non-hydrogen) atoms. The number of benzene rings is 1. The van der Waals surface area contributed by atoms with Gasteiger partial charge in [0.25, 0.3) is 0 Å². The van der Waals surface area contributed by atoms with E-state index in [1.165, 1.54) is 0 Å². The molecular formula is C13H8BrFN2O2. The molecule has 2 heterocycles. The Morgan fingerprint density at radius 3 is 2.84 bits per heavy atom. The van der Waals surface area contributed by atoms with Gasteiger partial charge in [-0.2, -0.15) is 4.98 Å². The van der Waals surface area contributed by atoms with Crippen molar-refractivity contribution in [1.29, 1.82) is 0 Å². The number of para-hydroxylation sites is 1. The minimum absolute atomic E-state index is 0.232. The third-order valence-electron chi connectivity index (χ3n) is 2.54. The van der Waals surface area contributed by atoms with E-state index >= 15 is 0 Å². The molecule has 0 bridgehead atoms. The molecule has 2 aromatic heterocycles. The third kappa shape index (κ3) is 2.58. The predicted molar refractivity (Wildman–Crippen MR) is 70.2 cm³/mol. The second-order valence-corrected chi connectivity index (χ2v) is 4.63. The number of halogens is 2. The van der Waals surface area contributed by atoms with Crippen LogP contribution in [0, 0.1) is 6.14 Å². The van der Waals surface area contributed by atoms with Gasteiger partial charge in [0.15, 0.2) is 5.58 Å². The summed E-state index contributed by atoms with van der Waals surface area (Å²) in [7, 11) is 0. The molecule has 3 aromatic rings. The summed E-state index contributed by atoms with van der Waals surface area (Å²) in [6, 6.07) is 10.6. The molecule has 0 aliphatic carbocycles. The van der Waals surface area contributed by atoms with Crippen molar-refractivity contribution in [2.45, 2.75) is 6.61 Å². The highest BCUT2D eigenvalue weighted by molar-refractivity contribution is 9.10. The van der Waals surface area contributed by atoms with Gasteiger partial charge in [0.1, 0.15) is 16.7 Å². The monoisotopic (exact) mass is 322 g/mol. The van der Waals surface area contributed by atoms with Gasteiger partial charge in [-0.25, -0.2) is 4.98 Å². The van der Waals surface area contributed by atoms with Crippen molar-refractivity contribution in [2.24, 2.45) is 0 Å². The average Bonchev–Trinajstić information content (AvgIpc) is 2.77. The summed E-state index contributed by atoms with van der Waals surface area (Å²) >= 11 is 3.26. The third-order valence-corrected chi connectivity index (χ3v) is 2.98. The fourth-order valence-corrected chi connectivity index (χ4v) is 2.04. The van der Waals surface area contributed by atoms with Gasteiger partial charge in [-0.05, 0) is 28.1 Å². The van der Waals surface area contributed by atoms with Crippen LogP contribution in [-0.4, -0.2) is 9.97 Å². The summed E-state index contributed by atoms with van der Waals surface area (Å²) in [5.74, 6) is 0.478. The molecule has 0 aliphatic rings. The first kappa shape index (κ1) is 12.1. The number of ether oxygens (including phenoxy) is 1. The Morgan fingerprint density at radius 2 is 2.00 bits per heavy atom. The van der Waals surface area contributed by atoms with E-state index in [0.717, 1.165) is 5.56 Å². The maximum atomic E-state index is 13.0. The van der Waals surface area contributed by atoms with E-state index in [1.807, 2.05) is 6.07 Å². The number of pyridine rings is 1. The first-order valence-electron chi connectivity index (χ1n) is 5.52. The standard InChI is InChI=1S/C13H8BrFN2O2/c14-10-5-2-6-11(17-10)18-7-8-3-1-4-9-12(8)19-13(15)16-9/h1-6H,7H2. The van der Waals surface area contributed by atoms with Gasteiger partial charge in [0.2, 0.25) is 5.88 Å². The van der Waals surface area contributed by atoms with E-state index in [1.54, 1.807) is 30.3 Å². The van der Waals surface area contributed by atoms with Crippen molar-refractivity contribution >= 4 is 27.0 Å². The second-order valence-electron chi connectivity index (χ2n) is 3.82. The summed E-state index contributed by atoms with van der Waals surface area (Å²) in [5, 5.41) is 0. The molecule has 0 saturated heterocycles. The van der Waals surface area contributed by atoms with Crippen molar-refractivity contribution in [3.63, 3.8) is 0 Å². The molecule has 6 heteroatoms. The van der Waals surface area contributed by atoms with Crippen molar-refractivity contribution in [3.8, 4) is 5.88 Å². The Hall–Kier alpha value is -1.95. The Labute approximate surface area is 116 Å². The SMILES string of the molecule is Fc1nc2cccc(COc3cccc(Br)n3)c2o1. The minimum Gasteiger partial charge on any atom is -0.473 e. The van der Waals surface area contributed by atoms with Crippen LogP contribution in [0.4, 0.5) is 4.39 Å². The fourth-order valence-electron chi connectivity index (χ4n) is 1.71. The summed E-state index contributed by atoms with van der Waals surface area (Å²) < 4.78 is 24.1.